The van der Waals surface area contributed by atoms with Gasteiger partial charge in [0.2, 0.25) is 0 Å². The SMILES string of the molecule is CCc1cc(CC(COC(C)(C)C)NC)n(CC)n1. The molecule has 1 aromatic rings. The standard InChI is InChI=1S/C15H29N3O/c1-7-12-9-14(18(8-2)17-12)10-13(16-6)11-19-15(3,4)5/h9,13,16H,7-8,10-11H2,1-6H3. The molecular weight excluding hydrogens is 238 g/mol. The zero-order valence-corrected chi connectivity index (χ0v) is 13.3. The summed E-state index contributed by atoms with van der Waals surface area (Å²) in [6.45, 7) is 12.2. The average molecular weight is 267 g/mol. The van der Waals surface area contributed by atoms with E-state index in [1.165, 1.54) is 11.4 Å². The summed E-state index contributed by atoms with van der Waals surface area (Å²) in [7, 11) is 1.99. The lowest BCUT2D eigenvalue weighted by Crippen LogP contribution is -2.36. The highest BCUT2D eigenvalue weighted by molar-refractivity contribution is 5.12. The van der Waals surface area contributed by atoms with E-state index >= 15 is 0 Å². The van der Waals surface area contributed by atoms with Crippen molar-refractivity contribution >= 4 is 0 Å². The summed E-state index contributed by atoms with van der Waals surface area (Å²) in [5.41, 5.74) is 2.37. The van der Waals surface area contributed by atoms with Gasteiger partial charge in [-0.3, -0.25) is 4.68 Å². The lowest BCUT2D eigenvalue weighted by Gasteiger charge is -2.24. The number of rotatable bonds is 7. The quantitative estimate of drug-likeness (QED) is 0.824. The van der Waals surface area contributed by atoms with Crippen LogP contribution in [0.1, 0.15) is 46.0 Å². The lowest BCUT2D eigenvalue weighted by molar-refractivity contribution is -0.0136. The highest BCUT2D eigenvalue weighted by Crippen LogP contribution is 2.11. The molecule has 1 atom stereocenters. The molecule has 0 radical (unpaired) electrons. The van der Waals surface area contributed by atoms with Crippen LogP contribution in [0.25, 0.3) is 0 Å². The van der Waals surface area contributed by atoms with E-state index in [4.69, 9.17) is 4.74 Å². The first kappa shape index (κ1) is 16.2. The van der Waals surface area contributed by atoms with Crippen molar-refractivity contribution in [3.8, 4) is 0 Å². The molecule has 0 spiro atoms. The van der Waals surface area contributed by atoms with Crippen molar-refractivity contribution < 1.29 is 4.74 Å². The summed E-state index contributed by atoms with van der Waals surface area (Å²) in [4.78, 5) is 0. The van der Waals surface area contributed by atoms with Gasteiger partial charge in [0.25, 0.3) is 0 Å². The van der Waals surface area contributed by atoms with E-state index in [2.05, 4.69) is 55.8 Å². The molecule has 19 heavy (non-hydrogen) atoms. The van der Waals surface area contributed by atoms with Gasteiger partial charge in [0.05, 0.1) is 17.9 Å². The molecule has 0 amide bonds. The van der Waals surface area contributed by atoms with E-state index in [0.29, 0.717) is 6.04 Å². The molecule has 1 aromatic heterocycles. The second-order valence-electron chi connectivity index (χ2n) is 5.91. The van der Waals surface area contributed by atoms with Crippen molar-refractivity contribution in [2.24, 2.45) is 0 Å². The molecule has 110 valence electrons. The monoisotopic (exact) mass is 267 g/mol. The molecule has 4 heteroatoms. The van der Waals surface area contributed by atoms with E-state index in [-0.39, 0.29) is 5.60 Å². The first-order chi connectivity index (χ1) is 8.89. The Kier molecular flexibility index (Phi) is 6.01. The Morgan fingerprint density at radius 3 is 2.53 bits per heavy atom. The fraction of sp³-hybridized carbons (Fsp3) is 0.800. The van der Waals surface area contributed by atoms with Crippen LogP contribution in [0, 0.1) is 0 Å². The average Bonchev–Trinajstić information content (AvgIpc) is 2.75. The van der Waals surface area contributed by atoms with Crippen LogP contribution in [-0.2, 0) is 24.1 Å². The van der Waals surface area contributed by atoms with Gasteiger partial charge < -0.3 is 10.1 Å². The fourth-order valence-corrected chi connectivity index (χ4v) is 1.97. The van der Waals surface area contributed by atoms with E-state index in [1.807, 2.05) is 7.05 Å². The van der Waals surface area contributed by atoms with Gasteiger partial charge in [-0.05, 0) is 47.2 Å². The predicted molar refractivity (Wildman–Crippen MR) is 79.5 cm³/mol. The smallest absolute Gasteiger partial charge is 0.0630 e. The summed E-state index contributed by atoms with van der Waals surface area (Å²) in [5.74, 6) is 0. The third-order valence-corrected chi connectivity index (χ3v) is 3.16. The van der Waals surface area contributed by atoms with Gasteiger partial charge >= 0.3 is 0 Å². The van der Waals surface area contributed by atoms with Gasteiger partial charge in [-0.2, -0.15) is 5.10 Å². The summed E-state index contributed by atoms with van der Waals surface area (Å²) >= 11 is 0. The Morgan fingerprint density at radius 2 is 2.05 bits per heavy atom. The Balaban J connectivity index is 2.67. The van der Waals surface area contributed by atoms with E-state index in [9.17, 15) is 0 Å². The molecule has 1 N–H and O–H groups in total. The zero-order chi connectivity index (χ0) is 14.5. The van der Waals surface area contributed by atoms with Gasteiger partial charge in [0, 0.05) is 24.7 Å². The highest BCUT2D eigenvalue weighted by atomic mass is 16.5. The van der Waals surface area contributed by atoms with Gasteiger partial charge in [0.15, 0.2) is 0 Å². The first-order valence-electron chi connectivity index (χ1n) is 7.26. The molecule has 1 rings (SSSR count). The number of likely N-dealkylation sites (N-methyl/N-ethyl adjacent to an activating group) is 1. The van der Waals surface area contributed by atoms with Gasteiger partial charge in [-0.25, -0.2) is 0 Å². The second-order valence-corrected chi connectivity index (χ2v) is 5.91. The minimum atomic E-state index is -0.0886. The maximum absolute atomic E-state index is 5.87. The second kappa shape index (κ2) is 7.06. The molecule has 1 unspecified atom stereocenters. The molecule has 0 saturated carbocycles. The topological polar surface area (TPSA) is 39.1 Å². The van der Waals surface area contributed by atoms with Crippen LogP contribution in [0.4, 0.5) is 0 Å². The van der Waals surface area contributed by atoms with E-state index in [0.717, 1.165) is 26.0 Å². The van der Waals surface area contributed by atoms with Crippen LogP contribution < -0.4 is 5.32 Å². The van der Waals surface area contributed by atoms with E-state index < -0.39 is 0 Å². The molecule has 0 bridgehead atoms. The minimum Gasteiger partial charge on any atom is -0.374 e. The third kappa shape index (κ3) is 5.33. The normalized spacial score (nSPS) is 13.8. The van der Waals surface area contributed by atoms with Crippen molar-refractivity contribution in [1.82, 2.24) is 15.1 Å². The molecule has 1 heterocycles. The minimum absolute atomic E-state index is 0.0886. The van der Waals surface area contributed by atoms with E-state index in [1.54, 1.807) is 0 Å². The van der Waals surface area contributed by atoms with Crippen molar-refractivity contribution in [3.05, 3.63) is 17.5 Å². The molecular formula is C15H29N3O. The maximum atomic E-state index is 5.87. The Bertz CT molecular complexity index is 379. The summed E-state index contributed by atoms with van der Waals surface area (Å²) < 4.78 is 7.97. The van der Waals surface area contributed by atoms with Crippen molar-refractivity contribution in [3.63, 3.8) is 0 Å². The van der Waals surface area contributed by atoms with Gasteiger partial charge in [-0.15, -0.1) is 0 Å². The van der Waals surface area contributed by atoms with Crippen molar-refractivity contribution in [1.29, 1.82) is 0 Å². The highest BCUT2D eigenvalue weighted by Gasteiger charge is 2.16. The zero-order valence-electron chi connectivity index (χ0n) is 13.3. The molecule has 4 nitrogen and oxygen atoms in total. The Hall–Kier alpha value is -0.870. The van der Waals surface area contributed by atoms with Crippen molar-refractivity contribution in [2.75, 3.05) is 13.7 Å². The fourth-order valence-electron chi connectivity index (χ4n) is 1.97. The number of hydrogen-bond acceptors (Lipinski definition) is 3. The number of ether oxygens (including phenoxy) is 1. The third-order valence-electron chi connectivity index (χ3n) is 3.16. The number of aryl methyl sites for hydroxylation is 2. The lowest BCUT2D eigenvalue weighted by atomic mass is 10.1. The van der Waals surface area contributed by atoms with Crippen LogP contribution in [0.2, 0.25) is 0 Å². The van der Waals surface area contributed by atoms with Crippen LogP contribution in [-0.4, -0.2) is 35.1 Å². The van der Waals surface area contributed by atoms with Crippen LogP contribution >= 0.6 is 0 Å². The first-order valence-corrected chi connectivity index (χ1v) is 7.26. The van der Waals surface area contributed by atoms with Crippen molar-refractivity contribution in [2.45, 2.75) is 65.6 Å². The summed E-state index contributed by atoms with van der Waals surface area (Å²) in [5, 5.41) is 7.93. The number of nitrogens with one attached hydrogen (secondary N) is 1. The molecule has 0 saturated heterocycles. The molecule has 0 aliphatic rings. The van der Waals surface area contributed by atoms with Crippen LogP contribution in [0.15, 0.2) is 6.07 Å². The molecule has 0 aliphatic heterocycles. The molecule has 0 aromatic carbocycles. The van der Waals surface area contributed by atoms with Gasteiger partial charge in [-0.1, -0.05) is 6.92 Å². The Morgan fingerprint density at radius 1 is 1.37 bits per heavy atom. The number of hydrogen-bond donors (Lipinski definition) is 1. The number of nitrogens with zero attached hydrogens (tertiary/aromatic N) is 2. The molecule has 0 fully saturated rings. The Labute approximate surface area is 117 Å². The summed E-state index contributed by atoms with van der Waals surface area (Å²) in [6, 6.07) is 2.54. The maximum Gasteiger partial charge on any atom is 0.0630 e. The summed E-state index contributed by atoms with van der Waals surface area (Å²) in [6.07, 6.45) is 1.94. The largest absolute Gasteiger partial charge is 0.374 e. The molecule has 0 aliphatic carbocycles. The van der Waals surface area contributed by atoms with Gasteiger partial charge in [0.1, 0.15) is 0 Å². The number of aromatic nitrogens is 2. The predicted octanol–water partition coefficient (Wildman–Crippen LogP) is 2.41. The van der Waals surface area contributed by atoms with Crippen LogP contribution in [0.5, 0.6) is 0 Å². The van der Waals surface area contributed by atoms with Crippen LogP contribution in [0.3, 0.4) is 0 Å².